The molecule has 1 unspecified atom stereocenters. The molecule has 0 radical (unpaired) electrons. The molecule has 100 valence electrons. The van der Waals surface area contributed by atoms with Gasteiger partial charge in [-0.15, -0.1) is 0 Å². The molecule has 1 rings (SSSR count). The first kappa shape index (κ1) is 14.8. The lowest BCUT2D eigenvalue weighted by Gasteiger charge is -2.32. The summed E-state index contributed by atoms with van der Waals surface area (Å²) in [5.74, 6) is 2.97. The van der Waals surface area contributed by atoms with Crippen LogP contribution in [0.2, 0.25) is 0 Å². The van der Waals surface area contributed by atoms with Crippen molar-refractivity contribution in [2.24, 2.45) is 11.8 Å². The summed E-state index contributed by atoms with van der Waals surface area (Å²) in [5.41, 5.74) is -0.441. The number of nitrogens with one attached hydrogen (secondary N) is 1. The van der Waals surface area contributed by atoms with Crippen LogP contribution in [0.25, 0.3) is 0 Å². The molecule has 0 aromatic heterocycles. The van der Waals surface area contributed by atoms with E-state index < -0.39 is 5.54 Å². The number of hydrogen-bond donors (Lipinski definition) is 1. The fraction of sp³-hybridized carbons (Fsp3) is 0.923. The maximum absolute atomic E-state index is 12.1. The van der Waals surface area contributed by atoms with E-state index >= 15 is 0 Å². The second kappa shape index (κ2) is 6.64. The number of likely N-dealkylation sites (N-methyl/N-ethyl adjacent to an activating group) is 1. The van der Waals surface area contributed by atoms with Crippen molar-refractivity contribution >= 4 is 17.7 Å². The number of rotatable bonds is 8. The van der Waals surface area contributed by atoms with E-state index in [1.54, 1.807) is 0 Å². The lowest BCUT2D eigenvalue weighted by molar-refractivity contribution is -0.148. The molecule has 0 heterocycles. The Morgan fingerprint density at radius 2 is 2.18 bits per heavy atom. The maximum Gasteiger partial charge on any atom is 0.327 e. The summed E-state index contributed by atoms with van der Waals surface area (Å²) in [6.45, 7) is 7.27. The normalized spacial score (nSPS) is 19.1. The number of carbonyl (C=O) groups excluding carboxylic acids is 1. The molecule has 1 N–H and O–H groups in total. The molecule has 0 bridgehead atoms. The van der Waals surface area contributed by atoms with Crippen molar-refractivity contribution in [2.75, 3.05) is 25.2 Å². The Morgan fingerprint density at radius 3 is 2.59 bits per heavy atom. The largest absolute Gasteiger partial charge is 0.468 e. The molecular weight excluding hydrogens is 234 g/mol. The predicted molar refractivity (Wildman–Crippen MR) is 73.3 cm³/mol. The number of carbonyl (C=O) groups is 1. The summed E-state index contributed by atoms with van der Waals surface area (Å²) in [6.07, 6.45) is 2.29. The zero-order chi connectivity index (χ0) is 12.9. The van der Waals surface area contributed by atoms with Crippen LogP contribution in [0.5, 0.6) is 0 Å². The average molecular weight is 259 g/mol. The van der Waals surface area contributed by atoms with Gasteiger partial charge in [0.05, 0.1) is 7.11 Å². The third kappa shape index (κ3) is 3.88. The van der Waals surface area contributed by atoms with Gasteiger partial charge in [-0.1, -0.05) is 20.8 Å². The molecule has 0 aliphatic heterocycles. The maximum atomic E-state index is 12.1. The first-order valence-electron chi connectivity index (χ1n) is 6.48. The van der Waals surface area contributed by atoms with Gasteiger partial charge in [0.25, 0.3) is 0 Å². The van der Waals surface area contributed by atoms with Gasteiger partial charge in [-0.25, -0.2) is 0 Å². The van der Waals surface area contributed by atoms with Gasteiger partial charge in [-0.3, -0.25) is 4.79 Å². The molecule has 1 aliphatic carbocycles. The molecule has 1 fully saturated rings. The summed E-state index contributed by atoms with van der Waals surface area (Å²) in [6, 6.07) is 0. The third-order valence-electron chi connectivity index (χ3n) is 3.10. The van der Waals surface area contributed by atoms with Crippen LogP contribution >= 0.6 is 11.8 Å². The van der Waals surface area contributed by atoms with Crippen LogP contribution in [0, 0.1) is 11.8 Å². The summed E-state index contributed by atoms with van der Waals surface area (Å²) in [5, 5.41) is 3.39. The SMILES string of the molecule is CCNC(CSCC(C)C)(C(=O)OC)C1CC1. The monoisotopic (exact) mass is 259 g/mol. The first-order valence-corrected chi connectivity index (χ1v) is 7.63. The standard InChI is InChI=1S/C13H25NO2S/c1-5-14-13(11-6-7-11,12(15)16-4)9-17-8-10(2)3/h10-11,14H,5-9H2,1-4H3. The van der Waals surface area contributed by atoms with E-state index in [9.17, 15) is 4.79 Å². The molecule has 4 heteroatoms. The summed E-state index contributed by atoms with van der Waals surface area (Å²) in [4.78, 5) is 12.1. The highest BCUT2D eigenvalue weighted by molar-refractivity contribution is 7.99. The van der Waals surface area contributed by atoms with Gasteiger partial charge in [0.1, 0.15) is 5.54 Å². The summed E-state index contributed by atoms with van der Waals surface area (Å²) < 4.78 is 5.01. The van der Waals surface area contributed by atoms with Crippen molar-refractivity contribution in [3.8, 4) is 0 Å². The Bertz CT molecular complexity index is 254. The van der Waals surface area contributed by atoms with Gasteiger partial charge < -0.3 is 10.1 Å². The Kier molecular flexibility index (Phi) is 5.80. The van der Waals surface area contributed by atoms with Crippen LogP contribution in [-0.2, 0) is 9.53 Å². The zero-order valence-corrected chi connectivity index (χ0v) is 12.2. The van der Waals surface area contributed by atoms with Crippen molar-refractivity contribution in [1.82, 2.24) is 5.32 Å². The number of thioether (sulfide) groups is 1. The van der Waals surface area contributed by atoms with Gasteiger partial charge in [0.2, 0.25) is 0 Å². The van der Waals surface area contributed by atoms with Crippen LogP contribution < -0.4 is 5.32 Å². The van der Waals surface area contributed by atoms with E-state index in [2.05, 4.69) is 19.2 Å². The van der Waals surface area contributed by atoms with E-state index in [1.807, 2.05) is 18.7 Å². The zero-order valence-electron chi connectivity index (χ0n) is 11.4. The van der Waals surface area contributed by atoms with Gasteiger partial charge in [-0.05, 0) is 37.0 Å². The lowest BCUT2D eigenvalue weighted by Crippen LogP contribution is -2.56. The minimum atomic E-state index is -0.441. The van der Waals surface area contributed by atoms with E-state index in [0.717, 1.165) is 30.9 Å². The van der Waals surface area contributed by atoms with Crippen LogP contribution in [0.1, 0.15) is 33.6 Å². The Hall–Kier alpha value is -0.220. The van der Waals surface area contributed by atoms with Crippen LogP contribution in [0.3, 0.4) is 0 Å². The average Bonchev–Trinajstić information content (AvgIpc) is 3.10. The van der Waals surface area contributed by atoms with Gasteiger partial charge in [0.15, 0.2) is 0 Å². The molecule has 0 aromatic carbocycles. The highest BCUT2D eigenvalue weighted by Gasteiger charge is 2.51. The van der Waals surface area contributed by atoms with Gasteiger partial charge in [-0.2, -0.15) is 11.8 Å². The topological polar surface area (TPSA) is 38.3 Å². The van der Waals surface area contributed by atoms with Gasteiger partial charge in [0, 0.05) is 5.75 Å². The molecule has 0 saturated heterocycles. The van der Waals surface area contributed by atoms with Crippen molar-refractivity contribution in [3.05, 3.63) is 0 Å². The molecule has 0 amide bonds. The molecule has 1 saturated carbocycles. The van der Waals surface area contributed by atoms with E-state index in [-0.39, 0.29) is 5.97 Å². The van der Waals surface area contributed by atoms with E-state index in [1.165, 1.54) is 7.11 Å². The van der Waals surface area contributed by atoms with E-state index in [4.69, 9.17) is 4.74 Å². The van der Waals surface area contributed by atoms with Crippen molar-refractivity contribution in [1.29, 1.82) is 0 Å². The molecule has 3 nitrogen and oxygen atoms in total. The minimum Gasteiger partial charge on any atom is -0.468 e. The number of hydrogen-bond acceptors (Lipinski definition) is 4. The summed E-state index contributed by atoms with van der Waals surface area (Å²) >= 11 is 1.86. The Balaban J connectivity index is 2.65. The quantitative estimate of drug-likeness (QED) is 0.679. The fourth-order valence-electron chi connectivity index (χ4n) is 2.14. The summed E-state index contributed by atoms with van der Waals surface area (Å²) in [7, 11) is 1.49. The smallest absolute Gasteiger partial charge is 0.327 e. The van der Waals surface area contributed by atoms with Crippen LogP contribution in [-0.4, -0.2) is 36.7 Å². The lowest BCUT2D eigenvalue weighted by atomic mass is 9.95. The Morgan fingerprint density at radius 1 is 1.53 bits per heavy atom. The van der Waals surface area contributed by atoms with Crippen LogP contribution in [0.4, 0.5) is 0 Å². The molecule has 1 aliphatic rings. The van der Waals surface area contributed by atoms with Crippen molar-refractivity contribution < 1.29 is 9.53 Å². The van der Waals surface area contributed by atoms with Crippen LogP contribution in [0.15, 0.2) is 0 Å². The minimum absolute atomic E-state index is 0.0851. The molecule has 0 spiro atoms. The molecule has 0 aromatic rings. The predicted octanol–water partition coefficient (Wildman–Crippen LogP) is 2.31. The van der Waals surface area contributed by atoms with Crippen molar-refractivity contribution in [3.63, 3.8) is 0 Å². The third-order valence-corrected chi connectivity index (χ3v) is 4.66. The van der Waals surface area contributed by atoms with Gasteiger partial charge >= 0.3 is 5.97 Å². The first-order chi connectivity index (χ1) is 8.06. The highest BCUT2D eigenvalue weighted by atomic mass is 32.2. The molecular formula is C13H25NO2S. The van der Waals surface area contributed by atoms with Crippen molar-refractivity contribution in [2.45, 2.75) is 39.2 Å². The number of esters is 1. The Labute approximate surface area is 109 Å². The number of ether oxygens (including phenoxy) is 1. The second-order valence-corrected chi connectivity index (χ2v) is 6.21. The number of methoxy groups -OCH3 is 1. The fourth-order valence-corrected chi connectivity index (χ4v) is 3.51. The van der Waals surface area contributed by atoms with E-state index in [0.29, 0.717) is 11.8 Å². The second-order valence-electron chi connectivity index (χ2n) is 5.18. The molecule has 1 atom stereocenters. The highest BCUT2D eigenvalue weighted by Crippen LogP contribution is 2.42. The molecule has 17 heavy (non-hydrogen) atoms.